The number of carbonyl (C=O) groups excluding carboxylic acids is 2. The molecule has 4 aliphatic carbocycles. The molecule has 6 rings (SSSR count). The number of amides is 2. The predicted molar refractivity (Wildman–Crippen MR) is 113 cm³/mol. The van der Waals surface area contributed by atoms with Gasteiger partial charge in [-0.15, -0.1) is 0 Å². The Hall–Kier alpha value is -2.82. The fourth-order valence-corrected chi connectivity index (χ4v) is 6.70. The van der Waals surface area contributed by atoms with E-state index in [2.05, 4.69) is 21.7 Å². The molecule has 164 valence electrons. The number of anilines is 1. The zero-order valence-corrected chi connectivity index (χ0v) is 17.8. The van der Waals surface area contributed by atoms with Crippen LogP contribution in [0.1, 0.15) is 44.1 Å². The lowest BCUT2D eigenvalue weighted by Crippen LogP contribution is -2.59. The van der Waals surface area contributed by atoms with Gasteiger partial charge in [-0.25, -0.2) is 9.78 Å². The Labute approximate surface area is 182 Å². The number of nitriles is 1. The van der Waals surface area contributed by atoms with Gasteiger partial charge in [-0.3, -0.25) is 4.79 Å². The maximum Gasteiger partial charge on any atom is 0.410 e. The summed E-state index contributed by atoms with van der Waals surface area (Å²) in [6.45, 7) is 1.23. The molecule has 8 heteroatoms. The fraction of sp³-hybridized carbons (Fsp3) is 0.652. The highest BCUT2D eigenvalue weighted by Gasteiger charge is 2.59. The smallest absolute Gasteiger partial charge is 0.410 e. The van der Waals surface area contributed by atoms with Crippen molar-refractivity contribution in [2.75, 3.05) is 25.5 Å². The largest absolute Gasteiger partial charge is 0.446 e. The first-order chi connectivity index (χ1) is 15.0. The molecule has 1 aromatic heterocycles. The lowest BCUT2D eigenvalue weighted by molar-refractivity contribution is -0.164. The Bertz CT molecular complexity index is 895. The minimum atomic E-state index is -0.245. The summed E-state index contributed by atoms with van der Waals surface area (Å²) in [5, 5.41) is 15.1. The summed E-state index contributed by atoms with van der Waals surface area (Å²) in [6, 6.07) is 5.69. The molecule has 3 unspecified atom stereocenters. The van der Waals surface area contributed by atoms with Crippen molar-refractivity contribution in [1.82, 2.24) is 15.2 Å². The van der Waals surface area contributed by atoms with Gasteiger partial charge in [0.25, 0.3) is 0 Å². The van der Waals surface area contributed by atoms with E-state index < -0.39 is 0 Å². The topological polar surface area (TPSA) is 107 Å². The number of pyridine rings is 1. The van der Waals surface area contributed by atoms with E-state index in [1.165, 1.54) is 0 Å². The van der Waals surface area contributed by atoms with Gasteiger partial charge in [0.2, 0.25) is 5.91 Å². The van der Waals surface area contributed by atoms with Crippen LogP contribution in [-0.4, -0.2) is 54.2 Å². The number of nitrogens with one attached hydrogen (secondary N) is 2. The first-order valence-corrected chi connectivity index (χ1v) is 11.3. The third kappa shape index (κ3) is 3.60. The van der Waals surface area contributed by atoms with Crippen molar-refractivity contribution in [3.8, 4) is 6.07 Å². The maximum absolute atomic E-state index is 12.9. The monoisotopic (exact) mass is 423 g/mol. The lowest BCUT2D eigenvalue weighted by atomic mass is 9.48. The highest BCUT2D eigenvalue weighted by atomic mass is 16.6. The van der Waals surface area contributed by atoms with Crippen LogP contribution in [0.15, 0.2) is 18.3 Å². The van der Waals surface area contributed by atoms with Crippen LogP contribution in [0.4, 0.5) is 10.6 Å². The number of rotatable bonds is 4. The van der Waals surface area contributed by atoms with E-state index in [-0.39, 0.29) is 29.6 Å². The molecule has 2 amide bonds. The highest BCUT2D eigenvalue weighted by Crippen LogP contribution is 2.60. The molecule has 4 bridgehead atoms. The maximum atomic E-state index is 12.9. The van der Waals surface area contributed by atoms with Crippen molar-refractivity contribution in [2.45, 2.75) is 50.7 Å². The Morgan fingerprint density at radius 3 is 2.68 bits per heavy atom. The Morgan fingerprint density at radius 1 is 1.26 bits per heavy atom. The molecule has 3 atom stereocenters. The van der Waals surface area contributed by atoms with Crippen molar-refractivity contribution in [3.05, 3.63) is 23.9 Å². The van der Waals surface area contributed by atoms with E-state index in [0.717, 1.165) is 38.5 Å². The Morgan fingerprint density at radius 2 is 2.03 bits per heavy atom. The van der Waals surface area contributed by atoms with E-state index in [1.807, 2.05) is 0 Å². The predicted octanol–water partition coefficient (Wildman–Crippen LogP) is 2.52. The number of nitrogens with zero attached hydrogens (tertiary/aromatic N) is 3. The van der Waals surface area contributed by atoms with Gasteiger partial charge >= 0.3 is 6.09 Å². The third-order valence-electron chi connectivity index (χ3n) is 7.82. The summed E-state index contributed by atoms with van der Waals surface area (Å²) < 4.78 is 6.07. The first kappa shape index (κ1) is 20.1. The Balaban J connectivity index is 1.18. The molecule has 5 fully saturated rings. The summed E-state index contributed by atoms with van der Waals surface area (Å²) in [7, 11) is 1.73. The van der Waals surface area contributed by atoms with E-state index >= 15 is 0 Å². The van der Waals surface area contributed by atoms with E-state index in [9.17, 15) is 9.59 Å². The standard InChI is InChI=1S/C23H29N5O3/c1-25-21(29)23-8-15-6-16(9-23)20(17(7-15)10-23)31-22(30)28-5-4-18(13-28)27-19-3-2-14(11-24)12-26-19/h2-3,12,15-18,20H,4-10,13H2,1H3,(H,25,29)(H,26,27). The molecule has 2 heterocycles. The minimum Gasteiger partial charge on any atom is -0.446 e. The average Bonchev–Trinajstić information content (AvgIpc) is 3.24. The molecular weight excluding hydrogens is 394 g/mol. The van der Waals surface area contributed by atoms with Gasteiger partial charge in [0.05, 0.1) is 11.0 Å². The van der Waals surface area contributed by atoms with Gasteiger partial charge in [0, 0.05) is 32.4 Å². The van der Waals surface area contributed by atoms with Gasteiger partial charge < -0.3 is 20.3 Å². The van der Waals surface area contributed by atoms with Crippen molar-refractivity contribution in [1.29, 1.82) is 5.26 Å². The lowest BCUT2D eigenvalue weighted by Gasteiger charge is -2.58. The first-order valence-electron chi connectivity index (χ1n) is 11.3. The number of carbonyl (C=O) groups is 2. The summed E-state index contributed by atoms with van der Waals surface area (Å²) in [4.78, 5) is 31.5. The van der Waals surface area contributed by atoms with Gasteiger partial charge in [-0.1, -0.05) is 0 Å². The van der Waals surface area contributed by atoms with Crippen LogP contribution in [-0.2, 0) is 9.53 Å². The van der Waals surface area contributed by atoms with Crippen LogP contribution in [0.25, 0.3) is 0 Å². The molecule has 1 saturated heterocycles. The molecule has 0 aromatic carbocycles. The second kappa shape index (κ2) is 7.70. The molecule has 1 aliphatic heterocycles. The highest BCUT2D eigenvalue weighted by molar-refractivity contribution is 5.83. The molecule has 0 spiro atoms. The third-order valence-corrected chi connectivity index (χ3v) is 7.82. The minimum absolute atomic E-state index is 0.0611. The SMILES string of the molecule is CNC(=O)C12CC3CC(C1)C(OC(=O)N1CCC(Nc4ccc(C#N)cn4)C1)C(C3)C2. The van der Waals surface area contributed by atoms with Crippen LogP contribution < -0.4 is 10.6 Å². The second-order valence-corrected chi connectivity index (χ2v) is 9.80. The number of ether oxygens (including phenoxy) is 1. The molecule has 31 heavy (non-hydrogen) atoms. The quantitative estimate of drug-likeness (QED) is 0.771. The van der Waals surface area contributed by atoms with E-state index in [1.54, 1.807) is 30.3 Å². The molecular formula is C23H29N5O3. The fourth-order valence-electron chi connectivity index (χ4n) is 6.70. The van der Waals surface area contributed by atoms with Gasteiger partial charge in [-0.05, 0) is 68.4 Å². The van der Waals surface area contributed by atoms with Crippen molar-refractivity contribution >= 4 is 17.8 Å². The zero-order valence-electron chi connectivity index (χ0n) is 17.8. The summed E-state index contributed by atoms with van der Waals surface area (Å²) in [6.07, 6.45) is 6.89. The van der Waals surface area contributed by atoms with E-state index in [0.29, 0.717) is 42.2 Å². The molecule has 0 radical (unpaired) electrons. The normalized spacial score (nSPS) is 35.5. The molecule has 2 N–H and O–H groups in total. The number of aromatic nitrogens is 1. The van der Waals surface area contributed by atoms with Crippen LogP contribution in [0.2, 0.25) is 0 Å². The number of hydrogen-bond acceptors (Lipinski definition) is 6. The van der Waals surface area contributed by atoms with Crippen molar-refractivity contribution < 1.29 is 14.3 Å². The van der Waals surface area contributed by atoms with Gasteiger partial charge in [0.15, 0.2) is 0 Å². The second-order valence-electron chi connectivity index (χ2n) is 9.80. The molecule has 8 nitrogen and oxygen atoms in total. The van der Waals surface area contributed by atoms with Crippen LogP contribution in [0, 0.1) is 34.5 Å². The van der Waals surface area contributed by atoms with Gasteiger partial charge in [-0.2, -0.15) is 5.26 Å². The number of likely N-dealkylation sites (tertiary alicyclic amines) is 1. The zero-order chi connectivity index (χ0) is 21.6. The van der Waals surface area contributed by atoms with Crippen LogP contribution in [0.3, 0.4) is 0 Å². The summed E-state index contributed by atoms with van der Waals surface area (Å²) in [5.41, 5.74) is 0.279. The molecule has 1 aromatic rings. The molecule has 4 saturated carbocycles. The summed E-state index contributed by atoms with van der Waals surface area (Å²) >= 11 is 0. The Kier molecular flexibility index (Phi) is 4.99. The van der Waals surface area contributed by atoms with Crippen LogP contribution in [0.5, 0.6) is 0 Å². The van der Waals surface area contributed by atoms with E-state index in [4.69, 9.17) is 10.00 Å². The molecule has 5 aliphatic rings. The summed E-state index contributed by atoms with van der Waals surface area (Å²) in [5.74, 6) is 2.06. The average molecular weight is 424 g/mol. The van der Waals surface area contributed by atoms with Crippen molar-refractivity contribution in [3.63, 3.8) is 0 Å². The number of hydrogen-bond donors (Lipinski definition) is 2. The van der Waals surface area contributed by atoms with Crippen LogP contribution >= 0.6 is 0 Å². The van der Waals surface area contributed by atoms with Crippen molar-refractivity contribution in [2.24, 2.45) is 23.2 Å². The van der Waals surface area contributed by atoms with Gasteiger partial charge in [0.1, 0.15) is 18.0 Å².